The van der Waals surface area contributed by atoms with E-state index in [2.05, 4.69) is 52.4 Å². The third kappa shape index (κ3) is 3.96. The lowest BCUT2D eigenvalue weighted by atomic mass is 9.89. The number of H-pyrrole nitrogens is 1. The number of hydrogen-bond donors (Lipinski definition) is 1. The van der Waals surface area contributed by atoms with Crippen LogP contribution in [0.3, 0.4) is 0 Å². The van der Waals surface area contributed by atoms with Crippen LogP contribution < -0.4 is 0 Å². The zero-order valence-corrected chi connectivity index (χ0v) is 15.7. The van der Waals surface area contributed by atoms with E-state index >= 15 is 0 Å². The Kier molecular flexibility index (Phi) is 5.35. The molecule has 1 fully saturated rings. The fourth-order valence-corrected chi connectivity index (χ4v) is 4.23. The Labute approximate surface area is 160 Å². The first-order valence-electron chi connectivity index (χ1n) is 9.78. The molecule has 1 N–H and O–H groups in total. The SMILES string of the molecule is C[C@H](CN1CCC[C@@H](c2[nH]ncc2-c2ccccc2F)C1)c1ccccc1. The van der Waals surface area contributed by atoms with Gasteiger partial charge in [-0.05, 0) is 36.9 Å². The maximum absolute atomic E-state index is 14.3. The second-order valence-electron chi connectivity index (χ2n) is 7.59. The number of benzene rings is 2. The minimum atomic E-state index is -0.189. The molecule has 27 heavy (non-hydrogen) atoms. The summed E-state index contributed by atoms with van der Waals surface area (Å²) in [5, 5.41) is 7.40. The van der Waals surface area contributed by atoms with Gasteiger partial charge in [0, 0.05) is 35.8 Å². The largest absolute Gasteiger partial charge is 0.302 e. The molecule has 1 aliphatic heterocycles. The molecular weight excluding hydrogens is 337 g/mol. The van der Waals surface area contributed by atoms with Crippen molar-refractivity contribution in [2.75, 3.05) is 19.6 Å². The number of aromatic nitrogens is 2. The van der Waals surface area contributed by atoms with Crippen molar-refractivity contribution >= 4 is 0 Å². The Morgan fingerprint density at radius 1 is 1.11 bits per heavy atom. The van der Waals surface area contributed by atoms with Crippen LogP contribution in [-0.2, 0) is 0 Å². The summed E-state index contributed by atoms with van der Waals surface area (Å²) in [5.74, 6) is 0.669. The van der Waals surface area contributed by atoms with E-state index < -0.39 is 0 Å². The smallest absolute Gasteiger partial charge is 0.131 e. The highest BCUT2D eigenvalue weighted by Crippen LogP contribution is 2.34. The molecule has 140 valence electrons. The fraction of sp³-hybridized carbons (Fsp3) is 0.348. The molecule has 0 amide bonds. The van der Waals surface area contributed by atoms with E-state index in [1.54, 1.807) is 12.3 Å². The maximum atomic E-state index is 14.3. The van der Waals surface area contributed by atoms with Crippen molar-refractivity contribution in [3.63, 3.8) is 0 Å². The molecule has 0 unspecified atom stereocenters. The van der Waals surface area contributed by atoms with Gasteiger partial charge in [-0.3, -0.25) is 5.10 Å². The molecule has 2 heterocycles. The number of likely N-dealkylation sites (tertiary alicyclic amines) is 1. The van der Waals surface area contributed by atoms with Gasteiger partial charge in [0.05, 0.1) is 6.20 Å². The standard InChI is InChI=1S/C23H26FN3/c1-17(18-8-3-2-4-9-18)15-27-13-7-10-19(16-27)23-21(14-25-26-23)20-11-5-6-12-22(20)24/h2-6,8-9,11-12,14,17,19H,7,10,13,15-16H2,1H3,(H,25,26)/t17-,19-/m1/s1. The summed E-state index contributed by atoms with van der Waals surface area (Å²) < 4.78 is 14.3. The van der Waals surface area contributed by atoms with Gasteiger partial charge in [-0.25, -0.2) is 4.39 Å². The average Bonchev–Trinajstić information content (AvgIpc) is 3.19. The summed E-state index contributed by atoms with van der Waals surface area (Å²) in [7, 11) is 0. The molecule has 0 aliphatic carbocycles. The number of nitrogens with one attached hydrogen (secondary N) is 1. The van der Waals surface area contributed by atoms with Crippen LogP contribution in [0, 0.1) is 5.82 Å². The summed E-state index contributed by atoms with van der Waals surface area (Å²) in [4.78, 5) is 2.54. The third-order valence-electron chi connectivity index (χ3n) is 5.65. The Balaban J connectivity index is 1.50. The number of piperidine rings is 1. The van der Waals surface area contributed by atoms with Gasteiger partial charge >= 0.3 is 0 Å². The predicted molar refractivity (Wildman–Crippen MR) is 107 cm³/mol. The van der Waals surface area contributed by atoms with Crippen molar-refractivity contribution in [2.24, 2.45) is 0 Å². The molecule has 2 aromatic carbocycles. The van der Waals surface area contributed by atoms with Gasteiger partial charge < -0.3 is 4.90 Å². The highest BCUT2D eigenvalue weighted by molar-refractivity contribution is 5.66. The monoisotopic (exact) mass is 363 g/mol. The van der Waals surface area contributed by atoms with Gasteiger partial charge in [0.25, 0.3) is 0 Å². The Hall–Kier alpha value is -2.46. The number of halogens is 1. The molecule has 0 saturated carbocycles. The first kappa shape index (κ1) is 17.9. The summed E-state index contributed by atoms with van der Waals surface area (Å²) in [6, 6.07) is 17.6. The van der Waals surface area contributed by atoms with Crippen LogP contribution in [0.25, 0.3) is 11.1 Å². The van der Waals surface area contributed by atoms with Gasteiger partial charge in [0.2, 0.25) is 0 Å². The molecule has 3 nitrogen and oxygen atoms in total. The van der Waals surface area contributed by atoms with Gasteiger partial charge in [-0.15, -0.1) is 0 Å². The highest BCUT2D eigenvalue weighted by atomic mass is 19.1. The summed E-state index contributed by atoms with van der Waals surface area (Å²) >= 11 is 0. The maximum Gasteiger partial charge on any atom is 0.131 e. The molecule has 1 aromatic heterocycles. The van der Waals surface area contributed by atoms with Crippen molar-refractivity contribution in [3.05, 3.63) is 77.9 Å². The lowest BCUT2D eigenvalue weighted by molar-refractivity contribution is 0.197. The third-order valence-corrected chi connectivity index (χ3v) is 5.65. The van der Waals surface area contributed by atoms with E-state index in [1.165, 1.54) is 11.6 Å². The van der Waals surface area contributed by atoms with Crippen molar-refractivity contribution in [1.82, 2.24) is 15.1 Å². The van der Waals surface area contributed by atoms with Crippen LogP contribution in [0.15, 0.2) is 60.8 Å². The van der Waals surface area contributed by atoms with Crippen molar-refractivity contribution in [3.8, 4) is 11.1 Å². The molecular formula is C23H26FN3. The zero-order chi connectivity index (χ0) is 18.6. The average molecular weight is 363 g/mol. The summed E-state index contributed by atoms with van der Waals surface area (Å²) in [6.45, 7) is 5.45. The first-order chi connectivity index (χ1) is 13.2. The van der Waals surface area contributed by atoms with E-state index in [4.69, 9.17) is 0 Å². The van der Waals surface area contributed by atoms with E-state index in [1.807, 2.05) is 12.1 Å². The van der Waals surface area contributed by atoms with Crippen LogP contribution in [0.4, 0.5) is 4.39 Å². The topological polar surface area (TPSA) is 31.9 Å². The van der Waals surface area contributed by atoms with Gasteiger partial charge in [0.1, 0.15) is 5.82 Å². The molecule has 0 spiro atoms. The second-order valence-corrected chi connectivity index (χ2v) is 7.59. The summed E-state index contributed by atoms with van der Waals surface area (Å²) in [6.07, 6.45) is 4.03. The van der Waals surface area contributed by atoms with Crippen LogP contribution in [-0.4, -0.2) is 34.7 Å². The van der Waals surface area contributed by atoms with Gasteiger partial charge in [0.15, 0.2) is 0 Å². The highest BCUT2D eigenvalue weighted by Gasteiger charge is 2.26. The van der Waals surface area contributed by atoms with Crippen molar-refractivity contribution < 1.29 is 4.39 Å². The molecule has 0 radical (unpaired) electrons. The molecule has 1 aliphatic rings. The number of hydrogen-bond acceptors (Lipinski definition) is 2. The predicted octanol–water partition coefficient (Wildman–Crippen LogP) is 5.20. The van der Waals surface area contributed by atoms with Gasteiger partial charge in [-0.2, -0.15) is 5.10 Å². The first-order valence-corrected chi connectivity index (χ1v) is 9.78. The minimum absolute atomic E-state index is 0.189. The molecule has 1 saturated heterocycles. The number of rotatable bonds is 5. The van der Waals surface area contributed by atoms with Crippen LogP contribution in [0.2, 0.25) is 0 Å². The minimum Gasteiger partial charge on any atom is -0.302 e. The zero-order valence-electron chi connectivity index (χ0n) is 15.7. The Morgan fingerprint density at radius 3 is 2.70 bits per heavy atom. The van der Waals surface area contributed by atoms with E-state index in [0.717, 1.165) is 43.7 Å². The van der Waals surface area contributed by atoms with Crippen molar-refractivity contribution in [2.45, 2.75) is 31.6 Å². The van der Waals surface area contributed by atoms with Gasteiger partial charge in [-0.1, -0.05) is 55.5 Å². The van der Waals surface area contributed by atoms with Crippen LogP contribution in [0.5, 0.6) is 0 Å². The molecule has 4 rings (SSSR count). The Bertz CT molecular complexity index is 874. The van der Waals surface area contributed by atoms with E-state index in [0.29, 0.717) is 17.4 Å². The lowest BCUT2D eigenvalue weighted by Gasteiger charge is -2.34. The molecule has 0 bridgehead atoms. The summed E-state index contributed by atoms with van der Waals surface area (Å²) in [5.41, 5.74) is 3.98. The van der Waals surface area contributed by atoms with E-state index in [9.17, 15) is 4.39 Å². The number of nitrogens with zero attached hydrogens (tertiary/aromatic N) is 2. The second kappa shape index (κ2) is 8.05. The lowest BCUT2D eigenvalue weighted by Crippen LogP contribution is -2.37. The van der Waals surface area contributed by atoms with E-state index in [-0.39, 0.29) is 5.82 Å². The quantitative estimate of drug-likeness (QED) is 0.676. The normalized spacial score (nSPS) is 19.1. The fourth-order valence-electron chi connectivity index (χ4n) is 4.23. The van der Waals surface area contributed by atoms with Crippen LogP contribution >= 0.6 is 0 Å². The molecule has 3 aromatic rings. The number of aromatic amines is 1. The molecule has 4 heteroatoms. The Morgan fingerprint density at radius 2 is 1.89 bits per heavy atom. The van der Waals surface area contributed by atoms with Crippen molar-refractivity contribution in [1.29, 1.82) is 0 Å². The van der Waals surface area contributed by atoms with Crippen LogP contribution in [0.1, 0.15) is 42.9 Å². The molecule has 2 atom stereocenters.